The molecular weight excluding hydrogens is 416 g/mol. The minimum atomic E-state index is -3.63. The lowest BCUT2D eigenvalue weighted by atomic mass is 9.85. The van der Waals surface area contributed by atoms with Gasteiger partial charge in [0.25, 0.3) is 0 Å². The van der Waals surface area contributed by atoms with Crippen molar-refractivity contribution in [3.8, 4) is 0 Å². The molecule has 1 unspecified atom stereocenters. The van der Waals surface area contributed by atoms with Gasteiger partial charge in [0.1, 0.15) is 6.04 Å². The Labute approximate surface area is 182 Å². The molecular formula is C22H30N4O4S. The molecule has 168 valence electrons. The van der Waals surface area contributed by atoms with Crippen LogP contribution in [0.5, 0.6) is 0 Å². The van der Waals surface area contributed by atoms with Crippen LogP contribution in [0.25, 0.3) is 10.9 Å². The first-order chi connectivity index (χ1) is 14.8. The molecule has 2 aromatic rings. The average molecular weight is 447 g/mol. The van der Waals surface area contributed by atoms with E-state index in [1.54, 1.807) is 12.1 Å². The number of hydrogen-bond acceptors (Lipinski definition) is 4. The van der Waals surface area contributed by atoms with Gasteiger partial charge < -0.3 is 15.2 Å². The fourth-order valence-corrected chi connectivity index (χ4v) is 5.89. The topological polar surface area (TPSA) is 109 Å². The predicted octanol–water partition coefficient (Wildman–Crippen LogP) is 1.80. The van der Waals surface area contributed by atoms with Crippen LogP contribution < -0.4 is 15.4 Å². The summed E-state index contributed by atoms with van der Waals surface area (Å²) >= 11 is 0. The van der Waals surface area contributed by atoms with Crippen molar-refractivity contribution in [3.63, 3.8) is 0 Å². The van der Waals surface area contributed by atoms with Gasteiger partial charge in [0, 0.05) is 42.7 Å². The fraction of sp³-hybridized carbons (Fsp3) is 0.545. The number of carbonyl (C=O) groups is 2. The molecule has 2 amide bonds. The molecule has 1 aromatic carbocycles. The van der Waals surface area contributed by atoms with E-state index in [4.69, 9.17) is 0 Å². The SMILES string of the molecule is Cn1ccc2cc(S(=O)(=O)NC3CCC(C(=O)NC4CCCCNC4=O)CC3)ccc21. The third-order valence-electron chi connectivity index (χ3n) is 6.44. The number of benzene rings is 1. The molecule has 2 heterocycles. The van der Waals surface area contributed by atoms with E-state index in [-0.39, 0.29) is 28.7 Å². The monoisotopic (exact) mass is 446 g/mol. The number of nitrogens with zero attached hydrogens (tertiary/aromatic N) is 1. The smallest absolute Gasteiger partial charge is 0.242 e. The Bertz CT molecular complexity index is 1070. The molecule has 0 bridgehead atoms. The summed E-state index contributed by atoms with van der Waals surface area (Å²) < 4.78 is 30.5. The largest absolute Gasteiger partial charge is 0.354 e. The van der Waals surface area contributed by atoms with Crippen molar-refractivity contribution in [1.29, 1.82) is 0 Å². The number of hydrogen-bond donors (Lipinski definition) is 3. The van der Waals surface area contributed by atoms with Crippen LogP contribution in [0.15, 0.2) is 35.4 Å². The predicted molar refractivity (Wildman–Crippen MR) is 118 cm³/mol. The van der Waals surface area contributed by atoms with Gasteiger partial charge in [0.2, 0.25) is 21.8 Å². The van der Waals surface area contributed by atoms with Crippen LogP contribution in [-0.4, -0.2) is 43.4 Å². The highest BCUT2D eigenvalue weighted by Crippen LogP contribution is 2.27. The van der Waals surface area contributed by atoms with Crippen LogP contribution in [0.3, 0.4) is 0 Å². The number of amides is 2. The number of nitrogens with one attached hydrogen (secondary N) is 3. The number of carbonyl (C=O) groups excluding carboxylic acids is 2. The molecule has 1 aliphatic carbocycles. The standard InChI is InChI=1S/C22H30N4O4S/c1-26-13-11-16-14-18(9-10-20(16)26)31(29,30)25-17-7-5-15(6-8-17)21(27)24-19-4-2-3-12-23-22(19)28/h9-11,13-15,17,19,25H,2-8,12H2,1H3,(H,23,28)(H,24,27). The quantitative estimate of drug-likeness (QED) is 0.651. The van der Waals surface area contributed by atoms with Crippen molar-refractivity contribution >= 4 is 32.7 Å². The summed E-state index contributed by atoms with van der Waals surface area (Å²) in [5.74, 6) is -0.391. The number of aromatic nitrogens is 1. The summed E-state index contributed by atoms with van der Waals surface area (Å²) in [6.07, 6.45) is 6.81. The number of sulfonamides is 1. The molecule has 1 aliphatic heterocycles. The average Bonchev–Trinajstić information content (AvgIpc) is 3.00. The molecule has 9 heteroatoms. The van der Waals surface area contributed by atoms with Crippen LogP contribution >= 0.6 is 0 Å². The van der Waals surface area contributed by atoms with Gasteiger partial charge in [0.15, 0.2) is 0 Å². The summed E-state index contributed by atoms with van der Waals surface area (Å²) in [6, 6.07) is 6.37. The van der Waals surface area contributed by atoms with Gasteiger partial charge in [-0.2, -0.15) is 0 Å². The Balaban J connectivity index is 1.32. The Hall–Kier alpha value is -2.39. The highest BCUT2D eigenvalue weighted by Gasteiger charge is 2.31. The third kappa shape index (κ3) is 4.93. The molecule has 0 radical (unpaired) electrons. The Morgan fingerprint density at radius 1 is 1.10 bits per heavy atom. The van der Waals surface area contributed by atoms with E-state index in [1.807, 2.05) is 29.9 Å². The summed E-state index contributed by atoms with van der Waals surface area (Å²) in [5, 5.41) is 6.61. The van der Waals surface area contributed by atoms with Crippen LogP contribution in [0, 0.1) is 5.92 Å². The highest BCUT2D eigenvalue weighted by molar-refractivity contribution is 7.89. The minimum Gasteiger partial charge on any atom is -0.354 e. The molecule has 2 fully saturated rings. The van der Waals surface area contributed by atoms with Crippen molar-refractivity contribution in [1.82, 2.24) is 19.9 Å². The van der Waals surface area contributed by atoms with Crippen molar-refractivity contribution < 1.29 is 18.0 Å². The first kappa shape index (κ1) is 21.8. The zero-order valence-corrected chi connectivity index (χ0v) is 18.6. The molecule has 31 heavy (non-hydrogen) atoms. The first-order valence-electron chi connectivity index (χ1n) is 11.0. The van der Waals surface area contributed by atoms with Crippen LogP contribution in [0.1, 0.15) is 44.9 Å². The number of rotatable bonds is 5. The van der Waals surface area contributed by atoms with Crippen molar-refractivity contribution in [2.75, 3.05) is 6.54 Å². The molecule has 1 saturated heterocycles. The highest BCUT2D eigenvalue weighted by atomic mass is 32.2. The van der Waals surface area contributed by atoms with Crippen LogP contribution in [0.4, 0.5) is 0 Å². The fourth-order valence-electron chi connectivity index (χ4n) is 4.55. The lowest BCUT2D eigenvalue weighted by Gasteiger charge is -2.29. The van der Waals surface area contributed by atoms with E-state index in [9.17, 15) is 18.0 Å². The van der Waals surface area contributed by atoms with Gasteiger partial charge >= 0.3 is 0 Å². The molecule has 4 rings (SSSR count). The van der Waals surface area contributed by atoms with E-state index in [0.717, 1.165) is 23.7 Å². The molecule has 0 spiro atoms. The van der Waals surface area contributed by atoms with Crippen molar-refractivity contribution in [2.24, 2.45) is 13.0 Å². The maximum absolute atomic E-state index is 12.9. The van der Waals surface area contributed by atoms with Gasteiger partial charge in [-0.15, -0.1) is 0 Å². The molecule has 1 aromatic heterocycles. The number of fused-ring (bicyclic) bond motifs is 1. The molecule has 1 atom stereocenters. The summed E-state index contributed by atoms with van der Waals surface area (Å²) in [6.45, 7) is 0.660. The molecule has 2 aliphatic rings. The summed E-state index contributed by atoms with van der Waals surface area (Å²) in [7, 11) is -1.70. The maximum atomic E-state index is 12.9. The van der Waals surface area contributed by atoms with Gasteiger partial charge in [-0.3, -0.25) is 9.59 Å². The Morgan fingerprint density at radius 3 is 2.65 bits per heavy atom. The molecule has 1 saturated carbocycles. The second kappa shape index (κ2) is 9.00. The van der Waals surface area contributed by atoms with E-state index < -0.39 is 16.1 Å². The van der Waals surface area contributed by atoms with Gasteiger partial charge in [-0.05, 0) is 69.2 Å². The zero-order chi connectivity index (χ0) is 22.0. The van der Waals surface area contributed by atoms with E-state index in [0.29, 0.717) is 38.6 Å². The van der Waals surface area contributed by atoms with E-state index in [1.165, 1.54) is 0 Å². The second-order valence-corrected chi connectivity index (χ2v) is 10.4. The lowest BCUT2D eigenvalue weighted by molar-refractivity contribution is -0.131. The number of aryl methyl sites for hydroxylation is 1. The van der Waals surface area contributed by atoms with Gasteiger partial charge in [-0.25, -0.2) is 13.1 Å². The normalized spacial score (nSPS) is 25.1. The van der Waals surface area contributed by atoms with E-state index >= 15 is 0 Å². The maximum Gasteiger partial charge on any atom is 0.242 e. The first-order valence-corrected chi connectivity index (χ1v) is 12.5. The molecule has 8 nitrogen and oxygen atoms in total. The van der Waals surface area contributed by atoms with Crippen LogP contribution in [-0.2, 0) is 26.7 Å². The Morgan fingerprint density at radius 2 is 1.87 bits per heavy atom. The minimum absolute atomic E-state index is 0.0992. The zero-order valence-electron chi connectivity index (χ0n) is 17.8. The second-order valence-electron chi connectivity index (χ2n) is 8.67. The summed E-state index contributed by atoms with van der Waals surface area (Å²) in [5.41, 5.74) is 0.979. The lowest BCUT2D eigenvalue weighted by Crippen LogP contribution is -2.48. The van der Waals surface area contributed by atoms with E-state index in [2.05, 4.69) is 15.4 Å². The van der Waals surface area contributed by atoms with Crippen molar-refractivity contribution in [3.05, 3.63) is 30.5 Å². The third-order valence-corrected chi connectivity index (χ3v) is 7.96. The Kier molecular flexibility index (Phi) is 6.34. The molecule has 3 N–H and O–H groups in total. The van der Waals surface area contributed by atoms with Crippen molar-refractivity contribution in [2.45, 2.75) is 61.9 Å². The summed E-state index contributed by atoms with van der Waals surface area (Å²) in [4.78, 5) is 24.9. The van der Waals surface area contributed by atoms with Gasteiger partial charge in [0.05, 0.1) is 4.90 Å². The van der Waals surface area contributed by atoms with Gasteiger partial charge in [-0.1, -0.05) is 0 Å². The van der Waals surface area contributed by atoms with Crippen LogP contribution in [0.2, 0.25) is 0 Å².